The van der Waals surface area contributed by atoms with Crippen molar-refractivity contribution in [1.82, 2.24) is 9.88 Å². The number of benzene rings is 2. The Labute approximate surface area is 166 Å². The highest BCUT2D eigenvalue weighted by Crippen LogP contribution is 2.32. The molecule has 4 rings (SSSR count). The number of likely N-dealkylation sites (tertiary alicyclic amines) is 1. The van der Waals surface area contributed by atoms with Crippen LogP contribution in [0.3, 0.4) is 0 Å². The Bertz CT molecular complexity index is 983. The Balaban J connectivity index is 1.37. The van der Waals surface area contributed by atoms with Gasteiger partial charge in [-0.2, -0.15) is 0 Å². The number of carbonyl (C=O) groups is 2. The normalized spacial score (nSPS) is 16.9. The van der Waals surface area contributed by atoms with E-state index in [1.165, 1.54) is 18.2 Å². The summed E-state index contributed by atoms with van der Waals surface area (Å²) in [6.07, 6.45) is 1.89. The van der Waals surface area contributed by atoms with Crippen molar-refractivity contribution in [2.45, 2.75) is 18.8 Å². The number of hydrogen-bond acceptors (Lipinski definition) is 6. The molecule has 0 unspecified atom stereocenters. The molecule has 0 spiro atoms. The number of nitrogens with zero attached hydrogens (tertiary/aromatic N) is 2. The summed E-state index contributed by atoms with van der Waals surface area (Å²) in [5, 5.41) is 10.5. The van der Waals surface area contributed by atoms with Crippen molar-refractivity contribution in [3.63, 3.8) is 0 Å². The van der Waals surface area contributed by atoms with Gasteiger partial charge < -0.3 is 14.7 Å². The highest BCUT2D eigenvalue weighted by molar-refractivity contribution is 7.18. The third kappa shape index (κ3) is 3.99. The lowest BCUT2D eigenvalue weighted by Crippen LogP contribution is -2.41. The predicted molar refractivity (Wildman–Crippen MR) is 107 cm³/mol. The Morgan fingerprint density at radius 2 is 2.07 bits per heavy atom. The van der Waals surface area contributed by atoms with Crippen molar-refractivity contribution in [3.8, 4) is 5.75 Å². The molecule has 1 atom stereocenters. The molecule has 1 saturated heterocycles. The molecule has 7 heteroatoms. The average molecular weight is 396 g/mol. The van der Waals surface area contributed by atoms with Gasteiger partial charge in [0.2, 0.25) is 0 Å². The van der Waals surface area contributed by atoms with Crippen LogP contribution in [0.4, 0.5) is 0 Å². The number of aromatic nitrogens is 1. The minimum atomic E-state index is -0.621. The fraction of sp³-hybridized carbons (Fsp3) is 0.286. The number of hydrogen-bond donors (Lipinski definition) is 1. The van der Waals surface area contributed by atoms with Crippen molar-refractivity contribution >= 4 is 33.4 Å². The Kier molecular flexibility index (Phi) is 5.25. The van der Waals surface area contributed by atoms with Crippen LogP contribution in [0.25, 0.3) is 10.2 Å². The lowest BCUT2D eigenvalue weighted by atomic mass is 9.99. The topological polar surface area (TPSA) is 79.7 Å². The standard InChI is InChI=1S/C21H20N2O4S/c24-16-7-3-5-14(11-16)21(26)27-13-19(25)23-10-4-6-15(12-23)20-22-17-8-1-2-9-18(17)28-20/h1-3,5,7-9,11,15,24H,4,6,10,12-13H2/t15-/m0/s1. The van der Waals surface area contributed by atoms with Crippen molar-refractivity contribution in [1.29, 1.82) is 0 Å². The van der Waals surface area contributed by atoms with Gasteiger partial charge in [-0.15, -0.1) is 11.3 Å². The lowest BCUT2D eigenvalue weighted by molar-refractivity contribution is -0.135. The van der Waals surface area contributed by atoms with Crippen LogP contribution in [0, 0.1) is 0 Å². The quantitative estimate of drug-likeness (QED) is 0.682. The van der Waals surface area contributed by atoms with Crippen LogP contribution in [-0.2, 0) is 9.53 Å². The van der Waals surface area contributed by atoms with Gasteiger partial charge in [-0.05, 0) is 43.2 Å². The average Bonchev–Trinajstić information content (AvgIpc) is 3.16. The van der Waals surface area contributed by atoms with Crippen LogP contribution >= 0.6 is 11.3 Å². The molecule has 0 saturated carbocycles. The molecule has 1 fully saturated rings. The maximum absolute atomic E-state index is 12.5. The van der Waals surface area contributed by atoms with E-state index in [1.54, 1.807) is 22.3 Å². The molecule has 28 heavy (non-hydrogen) atoms. The summed E-state index contributed by atoms with van der Waals surface area (Å²) in [4.78, 5) is 31.1. The van der Waals surface area contributed by atoms with E-state index in [-0.39, 0.29) is 29.7 Å². The van der Waals surface area contributed by atoms with Gasteiger partial charge in [0.1, 0.15) is 5.75 Å². The van der Waals surface area contributed by atoms with E-state index < -0.39 is 5.97 Å². The largest absolute Gasteiger partial charge is 0.508 e. The van der Waals surface area contributed by atoms with Crippen LogP contribution < -0.4 is 0 Å². The number of rotatable bonds is 4. The van der Waals surface area contributed by atoms with Gasteiger partial charge in [-0.1, -0.05) is 18.2 Å². The van der Waals surface area contributed by atoms with E-state index in [4.69, 9.17) is 9.72 Å². The summed E-state index contributed by atoms with van der Waals surface area (Å²) in [5.41, 5.74) is 1.21. The summed E-state index contributed by atoms with van der Waals surface area (Å²) < 4.78 is 6.29. The number of thiazole rings is 1. The zero-order chi connectivity index (χ0) is 19.5. The molecule has 1 aliphatic rings. The van der Waals surface area contributed by atoms with E-state index >= 15 is 0 Å². The van der Waals surface area contributed by atoms with E-state index in [1.807, 2.05) is 18.2 Å². The maximum atomic E-state index is 12.5. The Hall–Kier alpha value is -2.93. The predicted octanol–water partition coefficient (Wildman–Crippen LogP) is 3.56. The fourth-order valence-electron chi connectivity index (χ4n) is 3.40. The first-order chi connectivity index (χ1) is 13.6. The zero-order valence-corrected chi connectivity index (χ0v) is 16.0. The van der Waals surface area contributed by atoms with Gasteiger partial charge in [0.25, 0.3) is 5.91 Å². The van der Waals surface area contributed by atoms with Gasteiger partial charge in [-0.3, -0.25) is 4.79 Å². The molecule has 1 aromatic heterocycles. The number of phenols is 1. The number of piperidine rings is 1. The molecule has 1 aliphatic heterocycles. The molecule has 1 amide bonds. The van der Waals surface area contributed by atoms with Gasteiger partial charge >= 0.3 is 5.97 Å². The minimum absolute atomic E-state index is 0.0181. The molecule has 0 radical (unpaired) electrons. The van der Waals surface area contributed by atoms with Crippen LogP contribution in [0.1, 0.15) is 34.1 Å². The monoisotopic (exact) mass is 396 g/mol. The van der Waals surface area contributed by atoms with Crippen molar-refractivity contribution < 1.29 is 19.4 Å². The third-order valence-electron chi connectivity index (χ3n) is 4.84. The molecular weight excluding hydrogens is 376 g/mol. The first kappa shape index (κ1) is 18.4. The number of para-hydroxylation sites is 1. The zero-order valence-electron chi connectivity index (χ0n) is 15.2. The first-order valence-electron chi connectivity index (χ1n) is 9.19. The molecule has 6 nitrogen and oxygen atoms in total. The molecule has 144 valence electrons. The highest BCUT2D eigenvalue weighted by Gasteiger charge is 2.27. The van der Waals surface area contributed by atoms with Crippen LogP contribution in [0.2, 0.25) is 0 Å². The number of esters is 1. The van der Waals surface area contributed by atoms with Crippen LogP contribution in [0.15, 0.2) is 48.5 Å². The third-order valence-corrected chi connectivity index (χ3v) is 6.04. The maximum Gasteiger partial charge on any atom is 0.338 e. The number of amides is 1. The molecule has 2 aromatic carbocycles. The number of ether oxygens (including phenoxy) is 1. The SMILES string of the molecule is O=C(OCC(=O)N1CCC[C@H](c2nc3ccccc3s2)C1)c1cccc(O)c1. The number of phenolic OH excluding ortho intramolecular Hbond substituents is 1. The summed E-state index contributed by atoms with van der Waals surface area (Å²) in [6.45, 7) is 0.938. The van der Waals surface area contributed by atoms with E-state index in [9.17, 15) is 14.7 Å². The van der Waals surface area contributed by atoms with Crippen molar-refractivity contribution in [2.24, 2.45) is 0 Å². The molecule has 0 aliphatic carbocycles. The minimum Gasteiger partial charge on any atom is -0.508 e. The van der Waals surface area contributed by atoms with Crippen molar-refractivity contribution in [3.05, 3.63) is 59.1 Å². The molecule has 2 heterocycles. The van der Waals surface area contributed by atoms with Crippen LogP contribution in [0.5, 0.6) is 5.75 Å². The summed E-state index contributed by atoms with van der Waals surface area (Å²) in [7, 11) is 0. The van der Waals surface area contributed by atoms with Crippen LogP contribution in [-0.4, -0.2) is 46.6 Å². The lowest BCUT2D eigenvalue weighted by Gasteiger charge is -2.31. The summed E-state index contributed by atoms with van der Waals surface area (Å²) >= 11 is 1.68. The van der Waals surface area contributed by atoms with E-state index in [2.05, 4.69) is 6.07 Å². The smallest absolute Gasteiger partial charge is 0.338 e. The van der Waals surface area contributed by atoms with Gasteiger partial charge in [0.15, 0.2) is 6.61 Å². The Morgan fingerprint density at radius 1 is 1.21 bits per heavy atom. The van der Waals surface area contributed by atoms with E-state index in [0.717, 1.165) is 28.1 Å². The molecule has 1 N–H and O–H groups in total. The first-order valence-corrected chi connectivity index (χ1v) is 10.0. The molecular formula is C21H20N2O4S. The number of aromatic hydroxyl groups is 1. The second-order valence-electron chi connectivity index (χ2n) is 6.83. The molecule has 3 aromatic rings. The second-order valence-corrected chi connectivity index (χ2v) is 7.89. The van der Waals surface area contributed by atoms with E-state index in [0.29, 0.717) is 13.1 Å². The summed E-state index contributed by atoms with van der Waals surface area (Å²) in [5.74, 6) is -0.643. The van der Waals surface area contributed by atoms with Gasteiger partial charge in [0.05, 0.1) is 20.8 Å². The van der Waals surface area contributed by atoms with Gasteiger partial charge in [-0.25, -0.2) is 9.78 Å². The fourth-order valence-corrected chi connectivity index (χ4v) is 4.50. The second kappa shape index (κ2) is 7.98. The van der Waals surface area contributed by atoms with Gasteiger partial charge in [0, 0.05) is 19.0 Å². The summed E-state index contributed by atoms with van der Waals surface area (Å²) in [6, 6.07) is 13.9. The highest BCUT2D eigenvalue weighted by atomic mass is 32.1. The van der Waals surface area contributed by atoms with Crippen molar-refractivity contribution in [2.75, 3.05) is 19.7 Å². The number of fused-ring (bicyclic) bond motifs is 1. The molecule has 0 bridgehead atoms. The number of carbonyl (C=O) groups excluding carboxylic acids is 2. The Morgan fingerprint density at radius 3 is 2.89 bits per heavy atom.